The molecule has 5 rings (SSSR count). The van der Waals surface area contributed by atoms with Gasteiger partial charge in [-0.25, -0.2) is 9.18 Å². The van der Waals surface area contributed by atoms with Gasteiger partial charge in [-0.1, -0.05) is 54.1 Å². The SMILES string of the molecule is N#Cc1ccccc1-c1c(-c2cccc(-c3ccc(C(=O)O)cc3Cl)c2)[nH]c2ccc(F)cc12. The number of hydrogen-bond acceptors (Lipinski definition) is 2. The van der Waals surface area contributed by atoms with Crippen LogP contribution in [0.2, 0.25) is 5.02 Å². The van der Waals surface area contributed by atoms with E-state index in [0.29, 0.717) is 27.1 Å². The number of nitriles is 1. The highest BCUT2D eigenvalue weighted by Gasteiger charge is 2.19. The third-order valence-electron chi connectivity index (χ3n) is 5.76. The number of benzene rings is 4. The molecule has 2 N–H and O–H groups in total. The molecule has 0 aliphatic rings. The van der Waals surface area contributed by atoms with Crippen molar-refractivity contribution in [3.05, 3.63) is 107 Å². The Labute approximate surface area is 199 Å². The zero-order valence-corrected chi connectivity index (χ0v) is 18.4. The van der Waals surface area contributed by atoms with Gasteiger partial charge in [0.2, 0.25) is 0 Å². The van der Waals surface area contributed by atoms with Crippen molar-refractivity contribution in [1.29, 1.82) is 5.26 Å². The summed E-state index contributed by atoms with van der Waals surface area (Å²) in [5.41, 5.74) is 5.81. The summed E-state index contributed by atoms with van der Waals surface area (Å²) in [7, 11) is 0. The van der Waals surface area contributed by atoms with Gasteiger partial charge >= 0.3 is 5.97 Å². The summed E-state index contributed by atoms with van der Waals surface area (Å²) in [6, 6.07) is 26.2. The number of H-pyrrole nitrogens is 1. The molecule has 0 saturated carbocycles. The van der Waals surface area contributed by atoms with Crippen LogP contribution in [0.1, 0.15) is 15.9 Å². The van der Waals surface area contributed by atoms with Crippen molar-refractivity contribution in [2.45, 2.75) is 0 Å². The number of fused-ring (bicyclic) bond motifs is 1. The van der Waals surface area contributed by atoms with Crippen LogP contribution in [-0.2, 0) is 0 Å². The van der Waals surface area contributed by atoms with Crippen LogP contribution >= 0.6 is 11.6 Å². The first kappa shape index (κ1) is 21.4. The van der Waals surface area contributed by atoms with Crippen LogP contribution in [0.15, 0.2) is 84.9 Å². The number of nitrogens with zero attached hydrogens (tertiary/aromatic N) is 1. The summed E-state index contributed by atoms with van der Waals surface area (Å²) in [5.74, 6) is -1.42. The van der Waals surface area contributed by atoms with Crippen LogP contribution in [0.5, 0.6) is 0 Å². The average Bonchev–Trinajstić information content (AvgIpc) is 3.22. The molecule has 5 aromatic rings. The van der Waals surface area contributed by atoms with Gasteiger partial charge in [-0.3, -0.25) is 0 Å². The van der Waals surface area contributed by atoms with E-state index in [1.807, 2.05) is 36.4 Å². The Bertz CT molecular complexity index is 1630. The van der Waals surface area contributed by atoms with Gasteiger partial charge in [-0.15, -0.1) is 0 Å². The van der Waals surface area contributed by atoms with E-state index in [4.69, 9.17) is 11.6 Å². The van der Waals surface area contributed by atoms with Crippen LogP contribution < -0.4 is 0 Å². The maximum Gasteiger partial charge on any atom is 0.335 e. The van der Waals surface area contributed by atoms with Crippen LogP contribution in [0.25, 0.3) is 44.4 Å². The lowest BCUT2D eigenvalue weighted by molar-refractivity contribution is 0.0697. The normalized spacial score (nSPS) is 10.9. The quantitative estimate of drug-likeness (QED) is 0.287. The monoisotopic (exact) mass is 466 g/mol. The zero-order valence-electron chi connectivity index (χ0n) is 17.6. The number of aromatic nitrogens is 1. The third-order valence-corrected chi connectivity index (χ3v) is 6.07. The molecule has 0 aliphatic carbocycles. The zero-order chi connectivity index (χ0) is 23.8. The van der Waals surface area contributed by atoms with E-state index in [1.54, 1.807) is 24.3 Å². The highest BCUT2D eigenvalue weighted by molar-refractivity contribution is 6.33. The minimum absolute atomic E-state index is 0.109. The molecule has 1 heterocycles. The van der Waals surface area contributed by atoms with Crippen LogP contribution in [0.4, 0.5) is 4.39 Å². The second-order valence-electron chi connectivity index (χ2n) is 7.80. The van der Waals surface area contributed by atoms with E-state index in [-0.39, 0.29) is 11.4 Å². The largest absolute Gasteiger partial charge is 0.478 e. The first-order valence-electron chi connectivity index (χ1n) is 10.4. The fourth-order valence-electron chi connectivity index (χ4n) is 4.18. The number of nitrogens with one attached hydrogen (secondary N) is 1. The van der Waals surface area contributed by atoms with Gasteiger partial charge in [0.05, 0.1) is 22.9 Å². The summed E-state index contributed by atoms with van der Waals surface area (Å²) >= 11 is 6.41. The molecule has 4 aromatic carbocycles. The van der Waals surface area contributed by atoms with E-state index in [9.17, 15) is 19.6 Å². The van der Waals surface area contributed by atoms with Crippen molar-refractivity contribution >= 4 is 28.5 Å². The standard InChI is InChI=1S/C28H16ClFN2O2/c29-24-13-18(28(33)34)8-10-21(24)16-5-3-6-17(12-16)27-26(22-7-2-1-4-19(22)15-31)23-14-20(30)9-11-25(23)32-27/h1-14,32H,(H,33,34). The molecule has 0 aliphatic heterocycles. The highest BCUT2D eigenvalue weighted by Crippen LogP contribution is 2.41. The number of aromatic carboxylic acids is 1. The first-order valence-corrected chi connectivity index (χ1v) is 10.8. The Kier molecular flexibility index (Phi) is 5.37. The molecular weight excluding hydrogens is 451 g/mol. The molecule has 1 aromatic heterocycles. The average molecular weight is 467 g/mol. The van der Waals surface area contributed by atoms with Gasteiger partial charge in [0, 0.05) is 32.6 Å². The van der Waals surface area contributed by atoms with Crippen LogP contribution in [-0.4, -0.2) is 16.1 Å². The Hall–Kier alpha value is -4.40. The summed E-state index contributed by atoms with van der Waals surface area (Å²) in [4.78, 5) is 14.6. The van der Waals surface area contributed by atoms with E-state index < -0.39 is 5.97 Å². The number of halogens is 2. The van der Waals surface area contributed by atoms with Gasteiger partial charge in [-0.2, -0.15) is 5.26 Å². The second-order valence-corrected chi connectivity index (χ2v) is 8.21. The molecule has 0 unspecified atom stereocenters. The molecule has 0 radical (unpaired) electrons. The second kappa shape index (κ2) is 8.51. The fourth-order valence-corrected chi connectivity index (χ4v) is 4.47. The van der Waals surface area contributed by atoms with Crippen molar-refractivity contribution in [2.24, 2.45) is 0 Å². The van der Waals surface area contributed by atoms with E-state index in [1.165, 1.54) is 24.3 Å². The molecule has 0 fully saturated rings. The van der Waals surface area contributed by atoms with Gasteiger partial charge in [0.15, 0.2) is 0 Å². The number of rotatable bonds is 4. The molecule has 6 heteroatoms. The molecule has 0 atom stereocenters. The maximum atomic E-state index is 14.2. The van der Waals surface area contributed by atoms with E-state index in [0.717, 1.165) is 27.9 Å². The van der Waals surface area contributed by atoms with Crippen molar-refractivity contribution in [3.8, 4) is 39.6 Å². The Morgan fingerprint density at radius 2 is 1.71 bits per heavy atom. The Morgan fingerprint density at radius 3 is 2.47 bits per heavy atom. The Morgan fingerprint density at radius 1 is 0.912 bits per heavy atom. The number of carboxylic acids is 1. The summed E-state index contributed by atoms with van der Waals surface area (Å²) < 4.78 is 14.2. The molecule has 34 heavy (non-hydrogen) atoms. The van der Waals surface area contributed by atoms with Gasteiger partial charge in [0.25, 0.3) is 0 Å². The van der Waals surface area contributed by atoms with E-state index in [2.05, 4.69) is 11.1 Å². The lowest BCUT2D eigenvalue weighted by Crippen LogP contribution is -1.96. The predicted molar refractivity (Wildman–Crippen MR) is 131 cm³/mol. The number of carboxylic acid groups (broad SMARTS) is 1. The third kappa shape index (κ3) is 3.71. The van der Waals surface area contributed by atoms with Crippen molar-refractivity contribution < 1.29 is 14.3 Å². The molecule has 0 amide bonds. The molecule has 164 valence electrons. The fraction of sp³-hybridized carbons (Fsp3) is 0. The minimum Gasteiger partial charge on any atom is -0.478 e. The number of carbonyl (C=O) groups is 1. The lowest BCUT2D eigenvalue weighted by Gasteiger charge is -2.11. The lowest BCUT2D eigenvalue weighted by atomic mass is 9.93. The molecule has 0 spiro atoms. The summed E-state index contributed by atoms with van der Waals surface area (Å²) in [5, 5.41) is 19.9. The summed E-state index contributed by atoms with van der Waals surface area (Å²) in [6.45, 7) is 0. The first-order chi connectivity index (χ1) is 16.5. The number of aromatic amines is 1. The van der Waals surface area contributed by atoms with E-state index >= 15 is 0 Å². The van der Waals surface area contributed by atoms with Gasteiger partial charge in [0.1, 0.15) is 5.82 Å². The number of hydrogen-bond donors (Lipinski definition) is 2. The smallest absolute Gasteiger partial charge is 0.335 e. The molecular formula is C28H16ClFN2O2. The van der Waals surface area contributed by atoms with Gasteiger partial charge in [-0.05, 0) is 53.6 Å². The highest BCUT2D eigenvalue weighted by atomic mass is 35.5. The topological polar surface area (TPSA) is 76.9 Å². The summed E-state index contributed by atoms with van der Waals surface area (Å²) in [6.07, 6.45) is 0. The Balaban J connectivity index is 1.74. The van der Waals surface area contributed by atoms with Gasteiger partial charge < -0.3 is 10.1 Å². The van der Waals surface area contributed by atoms with Crippen molar-refractivity contribution in [2.75, 3.05) is 0 Å². The maximum absolute atomic E-state index is 14.2. The molecule has 0 saturated heterocycles. The minimum atomic E-state index is -1.05. The van der Waals surface area contributed by atoms with Crippen LogP contribution in [0, 0.1) is 17.1 Å². The molecule has 0 bridgehead atoms. The molecule has 4 nitrogen and oxygen atoms in total. The van der Waals surface area contributed by atoms with Crippen molar-refractivity contribution in [3.63, 3.8) is 0 Å². The predicted octanol–water partition coefficient (Wildman–Crippen LogP) is 7.53. The van der Waals surface area contributed by atoms with Crippen molar-refractivity contribution in [1.82, 2.24) is 4.98 Å². The van der Waals surface area contributed by atoms with Crippen LogP contribution in [0.3, 0.4) is 0 Å².